The summed E-state index contributed by atoms with van der Waals surface area (Å²) in [5.74, 6) is 0. The van der Waals surface area contributed by atoms with E-state index in [0.29, 0.717) is 36.7 Å². The molecule has 0 aromatic heterocycles. The Morgan fingerprint density at radius 1 is 0.556 bits per heavy atom. The Hall–Kier alpha value is -2.26. The quantitative estimate of drug-likeness (QED) is 0.691. The van der Waals surface area contributed by atoms with Gasteiger partial charge in [-0.3, -0.25) is 9.80 Å². The van der Waals surface area contributed by atoms with E-state index < -0.39 is 0 Å². The van der Waals surface area contributed by atoms with Crippen LogP contribution in [0, 0.1) is 0 Å². The Labute approximate surface area is 167 Å². The van der Waals surface area contributed by atoms with E-state index in [2.05, 4.69) is 30.5 Å². The molecule has 2 fully saturated rings. The molecule has 2 aliphatic rings. The minimum Gasteiger partial charge on any atom is -0.252 e. The largest absolute Gasteiger partial charge is 0.252 e. The summed E-state index contributed by atoms with van der Waals surface area (Å²) in [5.41, 5.74) is 1.55. The number of hydrogen-bond donors (Lipinski definition) is 0. The molecular formula is C17H18Cl2N8. The zero-order valence-corrected chi connectivity index (χ0v) is 16.0. The summed E-state index contributed by atoms with van der Waals surface area (Å²) in [6, 6.07) is 14.6. The predicted octanol–water partition coefficient (Wildman–Crippen LogP) is 4.71. The Morgan fingerprint density at radius 3 is 1.30 bits per heavy atom. The molecule has 2 aromatic carbocycles. The second kappa shape index (κ2) is 8.18. The molecule has 2 aromatic rings. The minimum atomic E-state index is 0.681. The van der Waals surface area contributed by atoms with Gasteiger partial charge in [0.15, 0.2) is 0 Å². The smallest absolute Gasteiger partial charge is 0.0937 e. The molecule has 10 heteroatoms. The molecule has 2 saturated heterocycles. The van der Waals surface area contributed by atoms with Crippen molar-refractivity contribution in [3.63, 3.8) is 0 Å². The lowest BCUT2D eigenvalue weighted by atomic mass is 10.3. The molecule has 0 radical (unpaired) electrons. The molecule has 2 bridgehead atoms. The maximum atomic E-state index is 5.89. The van der Waals surface area contributed by atoms with E-state index in [9.17, 15) is 0 Å². The van der Waals surface area contributed by atoms with E-state index in [4.69, 9.17) is 23.2 Å². The lowest BCUT2D eigenvalue weighted by Crippen LogP contribution is -2.61. The number of halogens is 2. The number of rotatable bonds is 4. The van der Waals surface area contributed by atoms with E-state index in [-0.39, 0.29) is 0 Å². The van der Waals surface area contributed by atoms with Crippen LogP contribution in [-0.4, -0.2) is 53.2 Å². The van der Waals surface area contributed by atoms with Gasteiger partial charge in [-0.1, -0.05) is 33.6 Å². The van der Waals surface area contributed by atoms with Crippen molar-refractivity contribution in [3.05, 3.63) is 58.6 Å². The molecular weight excluding hydrogens is 387 g/mol. The third-order valence-corrected chi connectivity index (χ3v) is 4.58. The third-order valence-electron chi connectivity index (χ3n) is 4.08. The SMILES string of the molecule is Clc1ccc(N=NN2CN3CN(C2)CN(N=Nc2ccc(Cl)cc2)C3)cc1. The second-order valence-corrected chi connectivity index (χ2v) is 7.27. The van der Waals surface area contributed by atoms with E-state index in [1.807, 2.05) is 34.3 Å². The molecule has 0 N–H and O–H groups in total. The van der Waals surface area contributed by atoms with E-state index >= 15 is 0 Å². The molecule has 27 heavy (non-hydrogen) atoms. The van der Waals surface area contributed by atoms with Crippen molar-refractivity contribution in [2.24, 2.45) is 20.7 Å². The normalized spacial score (nSPS) is 22.7. The summed E-state index contributed by atoms with van der Waals surface area (Å²) < 4.78 is 0. The van der Waals surface area contributed by atoms with Crippen molar-refractivity contribution in [1.82, 2.24) is 19.8 Å². The van der Waals surface area contributed by atoms with Crippen LogP contribution in [0.25, 0.3) is 0 Å². The molecule has 0 atom stereocenters. The topological polar surface area (TPSA) is 62.4 Å². The molecule has 0 amide bonds. The molecule has 2 heterocycles. The van der Waals surface area contributed by atoms with E-state index in [0.717, 1.165) is 18.0 Å². The van der Waals surface area contributed by atoms with Crippen LogP contribution in [0.4, 0.5) is 11.4 Å². The molecule has 0 spiro atoms. The summed E-state index contributed by atoms with van der Waals surface area (Å²) in [6.45, 7) is 3.60. The van der Waals surface area contributed by atoms with Crippen molar-refractivity contribution in [3.8, 4) is 0 Å². The first-order valence-corrected chi connectivity index (χ1v) is 9.19. The first kappa shape index (κ1) is 18.1. The van der Waals surface area contributed by atoms with Crippen LogP contribution in [0.15, 0.2) is 69.2 Å². The Morgan fingerprint density at radius 2 is 0.926 bits per heavy atom. The summed E-state index contributed by atoms with van der Waals surface area (Å²) in [7, 11) is 0. The van der Waals surface area contributed by atoms with Gasteiger partial charge in [-0.2, -0.15) is 0 Å². The zero-order chi connectivity index (χ0) is 18.6. The van der Waals surface area contributed by atoms with Crippen LogP contribution in [0.3, 0.4) is 0 Å². The molecule has 4 rings (SSSR count). The summed E-state index contributed by atoms with van der Waals surface area (Å²) in [4.78, 5) is 4.43. The van der Waals surface area contributed by atoms with Crippen LogP contribution in [0.5, 0.6) is 0 Å². The van der Waals surface area contributed by atoms with Crippen LogP contribution in [0.1, 0.15) is 0 Å². The van der Waals surface area contributed by atoms with Crippen molar-refractivity contribution in [2.75, 3.05) is 33.3 Å². The Bertz CT molecular complexity index is 742. The summed E-state index contributed by atoms with van der Waals surface area (Å²) >= 11 is 11.8. The van der Waals surface area contributed by atoms with Gasteiger partial charge in [0.2, 0.25) is 0 Å². The molecule has 8 nitrogen and oxygen atoms in total. The van der Waals surface area contributed by atoms with Gasteiger partial charge in [-0.15, -0.1) is 10.2 Å². The van der Waals surface area contributed by atoms with Gasteiger partial charge < -0.3 is 0 Å². The van der Waals surface area contributed by atoms with Gasteiger partial charge in [-0.25, -0.2) is 10.0 Å². The molecule has 0 aliphatic carbocycles. The minimum absolute atomic E-state index is 0.681. The number of nitrogens with zero attached hydrogens (tertiary/aromatic N) is 8. The fourth-order valence-electron chi connectivity index (χ4n) is 2.92. The standard InChI is InChI=1S/C17H18Cl2N8/c18-14-1-5-16(6-2-14)20-22-26-10-24-9-25(11-26)13-27(12-24)23-21-17-7-3-15(19)4-8-17/h1-8H,9-13H2. The van der Waals surface area contributed by atoms with Gasteiger partial charge in [0.05, 0.1) is 44.7 Å². The van der Waals surface area contributed by atoms with E-state index in [1.54, 1.807) is 24.3 Å². The predicted molar refractivity (Wildman–Crippen MR) is 104 cm³/mol. The number of fused-ring (bicyclic) bond motifs is 2. The summed E-state index contributed by atoms with van der Waals surface area (Å²) in [5, 5.41) is 22.4. The third kappa shape index (κ3) is 4.92. The number of hydrogen-bond acceptors (Lipinski definition) is 6. The van der Waals surface area contributed by atoms with Crippen LogP contribution in [0.2, 0.25) is 10.0 Å². The average molecular weight is 405 g/mol. The van der Waals surface area contributed by atoms with Gasteiger partial charge in [0.1, 0.15) is 0 Å². The van der Waals surface area contributed by atoms with Crippen LogP contribution >= 0.6 is 23.2 Å². The van der Waals surface area contributed by atoms with Crippen molar-refractivity contribution >= 4 is 34.6 Å². The number of benzene rings is 2. The van der Waals surface area contributed by atoms with E-state index in [1.165, 1.54) is 0 Å². The first-order chi connectivity index (χ1) is 13.1. The van der Waals surface area contributed by atoms with Gasteiger partial charge in [-0.05, 0) is 48.5 Å². The van der Waals surface area contributed by atoms with Gasteiger partial charge in [0, 0.05) is 10.0 Å². The van der Waals surface area contributed by atoms with Crippen LogP contribution < -0.4 is 0 Å². The molecule has 140 valence electrons. The van der Waals surface area contributed by atoms with Crippen molar-refractivity contribution < 1.29 is 0 Å². The lowest BCUT2D eigenvalue weighted by molar-refractivity contribution is -0.124. The lowest BCUT2D eigenvalue weighted by Gasteiger charge is -2.46. The Balaban J connectivity index is 1.34. The second-order valence-electron chi connectivity index (χ2n) is 6.39. The molecule has 2 aliphatic heterocycles. The van der Waals surface area contributed by atoms with Crippen molar-refractivity contribution in [2.45, 2.75) is 0 Å². The highest BCUT2D eigenvalue weighted by atomic mass is 35.5. The maximum Gasteiger partial charge on any atom is 0.0937 e. The highest BCUT2D eigenvalue weighted by molar-refractivity contribution is 6.30. The monoisotopic (exact) mass is 404 g/mol. The average Bonchev–Trinajstić information content (AvgIpc) is 2.66. The first-order valence-electron chi connectivity index (χ1n) is 8.43. The zero-order valence-electron chi connectivity index (χ0n) is 14.5. The fourth-order valence-corrected chi connectivity index (χ4v) is 3.17. The van der Waals surface area contributed by atoms with Crippen LogP contribution in [-0.2, 0) is 0 Å². The highest BCUT2D eigenvalue weighted by Crippen LogP contribution is 2.21. The highest BCUT2D eigenvalue weighted by Gasteiger charge is 2.30. The van der Waals surface area contributed by atoms with Crippen molar-refractivity contribution in [1.29, 1.82) is 0 Å². The van der Waals surface area contributed by atoms with Gasteiger partial charge >= 0.3 is 0 Å². The molecule has 0 saturated carbocycles. The Kier molecular flexibility index (Phi) is 5.49. The summed E-state index contributed by atoms with van der Waals surface area (Å²) in [6.07, 6.45) is 0. The fraction of sp³-hybridized carbons (Fsp3) is 0.294. The molecule has 0 unspecified atom stereocenters. The maximum absolute atomic E-state index is 5.89. The van der Waals surface area contributed by atoms with Gasteiger partial charge in [0.25, 0.3) is 0 Å².